The first-order chi connectivity index (χ1) is 13.6. The zero-order valence-corrected chi connectivity index (χ0v) is 18.6. The van der Waals surface area contributed by atoms with Crippen LogP contribution in [0.15, 0.2) is 65.9 Å². The molecule has 29 heavy (non-hydrogen) atoms. The van der Waals surface area contributed by atoms with E-state index in [0.717, 1.165) is 17.3 Å². The predicted octanol–water partition coefficient (Wildman–Crippen LogP) is 4.24. The van der Waals surface area contributed by atoms with Gasteiger partial charge in [-0.15, -0.1) is 24.0 Å². The summed E-state index contributed by atoms with van der Waals surface area (Å²) in [5.74, 6) is -1.03. The number of aliphatic imine (C=N–C) groups is 1. The van der Waals surface area contributed by atoms with Crippen molar-refractivity contribution in [1.82, 2.24) is 20.4 Å². The van der Waals surface area contributed by atoms with Crippen LogP contribution in [0.4, 0.5) is 8.78 Å². The quantitative estimate of drug-likeness (QED) is 0.296. The van der Waals surface area contributed by atoms with Crippen molar-refractivity contribution in [3.05, 3.63) is 83.7 Å². The first-order valence-electron chi connectivity index (χ1n) is 9.08. The van der Waals surface area contributed by atoms with Gasteiger partial charge in [0.05, 0.1) is 11.7 Å². The van der Waals surface area contributed by atoms with Crippen molar-refractivity contribution >= 4 is 29.9 Å². The van der Waals surface area contributed by atoms with Crippen molar-refractivity contribution in [2.75, 3.05) is 13.6 Å². The highest BCUT2D eigenvalue weighted by molar-refractivity contribution is 14.0. The number of hydrogen-bond donors (Lipinski definition) is 2. The zero-order chi connectivity index (χ0) is 19.9. The molecule has 0 radical (unpaired) electrons. The van der Waals surface area contributed by atoms with Gasteiger partial charge in [0.15, 0.2) is 17.6 Å². The average molecular weight is 511 g/mol. The first kappa shape index (κ1) is 22.8. The molecule has 0 spiro atoms. The van der Waals surface area contributed by atoms with Gasteiger partial charge < -0.3 is 10.6 Å². The minimum Gasteiger partial charge on any atom is -0.356 e. The summed E-state index contributed by atoms with van der Waals surface area (Å²) in [6.45, 7) is 2.46. The molecule has 1 aromatic heterocycles. The summed E-state index contributed by atoms with van der Waals surface area (Å²) < 4.78 is 28.8. The summed E-state index contributed by atoms with van der Waals surface area (Å²) in [5.41, 5.74) is 2.38. The van der Waals surface area contributed by atoms with Gasteiger partial charge >= 0.3 is 0 Å². The molecule has 1 atom stereocenters. The molecule has 0 bridgehead atoms. The Morgan fingerprint density at radius 1 is 1.17 bits per heavy atom. The van der Waals surface area contributed by atoms with Crippen LogP contribution in [0.2, 0.25) is 0 Å². The van der Waals surface area contributed by atoms with E-state index < -0.39 is 11.6 Å². The fraction of sp³-hybridized carbons (Fsp3) is 0.238. The van der Waals surface area contributed by atoms with E-state index in [9.17, 15) is 8.78 Å². The van der Waals surface area contributed by atoms with Gasteiger partial charge in [0, 0.05) is 26.0 Å². The third-order valence-electron chi connectivity index (χ3n) is 4.43. The second-order valence-electron chi connectivity index (χ2n) is 6.37. The Labute approximate surface area is 186 Å². The number of benzene rings is 2. The third kappa shape index (κ3) is 5.99. The summed E-state index contributed by atoms with van der Waals surface area (Å²) in [6.07, 6.45) is 3.98. The Kier molecular flexibility index (Phi) is 8.56. The fourth-order valence-corrected chi connectivity index (χ4v) is 2.90. The average Bonchev–Trinajstić information content (AvgIpc) is 3.25. The smallest absolute Gasteiger partial charge is 0.191 e. The molecule has 3 aromatic rings. The van der Waals surface area contributed by atoms with Crippen molar-refractivity contribution in [2.45, 2.75) is 19.4 Å². The molecule has 5 nitrogen and oxygen atoms in total. The highest BCUT2D eigenvalue weighted by Crippen LogP contribution is 2.16. The standard InChI is InChI=1S/C21H23F2N5.HI/c1-15(17-7-3-8-18(14-17)28-13-5-11-26-28)27-21(24-2)25-12-10-16-6-4-9-19(22)20(16)23;/h3-9,11,13-15H,10,12H2,1-2H3,(H2,24,25,27);1H. The predicted molar refractivity (Wildman–Crippen MR) is 122 cm³/mol. The van der Waals surface area contributed by atoms with Crippen molar-refractivity contribution in [3.8, 4) is 5.69 Å². The van der Waals surface area contributed by atoms with Gasteiger partial charge in [0.25, 0.3) is 0 Å². The molecule has 0 aliphatic carbocycles. The molecule has 0 fully saturated rings. The number of rotatable bonds is 6. The van der Waals surface area contributed by atoms with E-state index in [1.165, 1.54) is 6.07 Å². The molecule has 0 aliphatic heterocycles. The molecule has 0 saturated carbocycles. The van der Waals surface area contributed by atoms with E-state index in [-0.39, 0.29) is 30.0 Å². The summed E-state index contributed by atoms with van der Waals surface area (Å²) in [5, 5.41) is 10.7. The number of halogens is 3. The Morgan fingerprint density at radius 2 is 1.97 bits per heavy atom. The topological polar surface area (TPSA) is 54.2 Å². The van der Waals surface area contributed by atoms with Crippen LogP contribution in [-0.2, 0) is 6.42 Å². The largest absolute Gasteiger partial charge is 0.356 e. The maximum atomic E-state index is 13.7. The van der Waals surface area contributed by atoms with Crippen LogP contribution in [0.25, 0.3) is 5.69 Å². The summed E-state index contributed by atoms with van der Waals surface area (Å²) >= 11 is 0. The molecule has 1 heterocycles. The van der Waals surface area contributed by atoms with Crippen LogP contribution < -0.4 is 10.6 Å². The maximum absolute atomic E-state index is 13.7. The lowest BCUT2D eigenvalue weighted by Crippen LogP contribution is -2.39. The van der Waals surface area contributed by atoms with E-state index in [1.807, 2.05) is 37.4 Å². The molecule has 0 aliphatic rings. The molecule has 8 heteroatoms. The second kappa shape index (κ2) is 10.9. The monoisotopic (exact) mass is 511 g/mol. The number of nitrogens with one attached hydrogen (secondary N) is 2. The highest BCUT2D eigenvalue weighted by atomic mass is 127. The number of aromatic nitrogens is 2. The summed E-state index contributed by atoms with van der Waals surface area (Å²) in [7, 11) is 1.67. The molecule has 154 valence electrons. The van der Waals surface area contributed by atoms with Crippen LogP contribution in [0.1, 0.15) is 24.1 Å². The highest BCUT2D eigenvalue weighted by Gasteiger charge is 2.10. The maximum Gasteiger partial charge on any atom is 0.191 e. The number of guanidine groups is 1. The van der Waals surface area contributed by atoms with Crippen LogP contribution in [0.3, 0.4) is 0 Å². The van der Waals surface area contributed by atoms with Crippen molar-refractivity contribution in [2.24, 2.45) is 4.99 Å². The minimum absolute atomic E-state index is 0. The molecule has 2 aromatic carbocycles. The van der Waals surface area contributed by atoms with Gasteiger partial charge in [0.2, 0.25) is 0 Å². The van der Waals surface area contributed by atoms with Gasteiger partial charge in [-0.05, 0) is 48.7 Å². The number of hydrogen-bond acceptors (Lipinski definition) is 2. The lowest BCUT2D eigenvalue weighted by atomic mass is 10.1. The van der Waals surface area contributed by atoms with Crippen molar-refractivity contribution in [1.29, 1.82) is 0 Å². The Morgan fingerprint density at radius 3 is 2.69 bits per heavy atom. The van der Waals surface area contributed by atoms with E-state index in [2.05, 4.69) is 26.8 Å². The Balaban J connectivity index is 0.00000300. The lowest BCUT2D eigenvalue weighted by molar-refractivity contribution is 0.498. The van der Waals surface area contributed by atoms with Crippen LogP contribution in [0, 0.1) is 11.6 Å². The van der Waals surface area contributed by atoms with Crippen LogP contribution in [0.5, 0.6) is 0 Å². The zero-order valence-electron chi connectivity index (χ0n) is 16.3. The van der Waals surface area contributed by atoms with E-state index in [1.54, 1.807) is 24.0 Å². The first-order valence-corrected chi connectivity index (χ1v) is 9.08. The molecular formula is C21H24F2IN5. The minimum atomic E-state index is -0.828. The molecule has 0 amide bonds. The molecule has 0 saturated heterocycles. The second-order valence-corrected chi connectivity index (χ2v) is 6.37. The molecule has 3 rings (SSSR count). The van der Waals surface area contributed by atoms with Gasteiger partial charge in [-0.25, -0.2) is 13.5 Å². The fourth-order valence-electron chi connectivity index (χ4n) is 2.90. The summed E-state index contributed by atoms with van der Waals surface area (Å²) in [4.78, 5) is 4.21. The van der Waals surface area contributed by atoms with E-state index in [4.69, 9.17) is 0 Å². The van der Waals surface area contributed by atoms with Gasteiger partial charge in [-0.2, -0.15) is 5.10 Å². The van der Waals surface area contributed by atoms with E-state index in [0.29, 0.717) is 24.5 Å². The molecule has 2 N–H and O–H groups in total. The van der Waals surface area contributed by atoms with Gasteiger partial charge in [-0.3, -0.25) is 4.99 Å². The normalized spacial score (nSPS) is 12.2. The van der Waals surface area contributed by atoms with Gasteiger partial charge in [-0.1, -0.05) is 24.3 Å². The third-order valence-corrected chi connectivity index (χ3v) is 4.43. The van der Waals surface area contributed by atoms with Crippen LogP contribution >= 0.6 is 24.0 Å². The molecular weight excluding hydrogens is 487 g/mol. The van der Waals surface area contributed by atoms with Gasteiger partial charge in [0.1, 0.15) is 0 Å². The Bertz CT molecular complexity index is 944. The lowest BCUT2D eigenvalue weighted by Gasteiger charge is -2.19. The summed E-state index contributed by atoms with van der Waals surface area (Å²) in [6, 6.07) is 14.1. The van der Waals surface area contributed by atoms with Crippen molar-refractivity contribution in [3.63, 3.8) is 0 Å². The SMILES string of the molecule is CN=C(NCCc1cccc(F)c1F)NC(C)c1cccc(-n2cccn2)c1.I. The number of nitrogens with zero attached hydrogens (tertiary/aromatic N) is 3. The van der Waals surface area contributed by atoms with Crippen molar-refractivity contribution < 1.29 is 8.78 Å². The van der Waals surface area contributed by atoms with E-state index >= 15 is 0 Å². The Hall–Kier alpha value is -2.49. The van der Waals surface area contributed by atoms with Crippen LogP contribution in [-0.4, -0.2) is 29.3 Å². The molecule has 1 unspecified atom stereocenters.